The van der Waals surface area contributed by atoms with Gasteiger partial charge >= 0.3 is 0 Å². The number of pyridine rings is 1. The number of aliphatic hydroxyl groups excluding tert-OH is 1. The van der Waals surface area contributed by atoms with Gasteiger partial charge in [0.2, 0.25) is 6.35 Å². The molecule has 4 aromatic heterocycles. The van der Waals surface area contributed by atoms with Gasteiger partial charge in [0.25, 0.3) is 6.43 Å². The van der Waals surface area contributed by atoms with E-state index in [2.05, 4.69) is 30.6 Å². The predicted molar refractivity (Wildman–Crippen MR) is 112 cm³/mol. The highest BCUT2D eigenvalue weighted by molar-refractivity contribution is 6.32. The minimum absolute atomic E-state index is 0.132. The molecule has 4 aromatic rings. The zero-order valence-electron chi connectivity index (χ0n) is 16.4. The minimum Gasteiger partial charge on any atom is -0.356 e. The lowest BCUT2D eigenvalue weighted by Gasteiger charge is -2.29. The van der Waals surface area contributed by atoms with Gasteiger partial charge in [-0.15, -0.1) is 4.80 Å². The summed E-state index contributed by atoms with van der Waals surface area (Å²) in [5.41, 5.74) is -0.413. The largest absolute Gasteiger partial charge is 0.356 e. The molecule has 1 aliphatic rings. The third-order valence-corrected chi connectivity index (χ3v) is 5.75. The maximum atomic E-state index is 14.2. The summed E-state index contributed by atoms with van der Waals surface area (Å²) >= 11 is 12.2. The Labute approximate surface area is 189 Å². The van der Waals surface area contributed by atoms with Crippen LogP contribution in [0.1, 0.15) is 12.6 Å². The number of aromatic nitrogens is 7. The Morgan fingerprint density at radius 3 is 2.59 bits per heavy atom. The van der Waals surface area contributed by atoms with Crippen molar-refractivity contribution in [2.45, 2.75) is 25.1 Å². The van der Waals surface area contributed by atoms with E-state index in [0.29, 0.717) is 22.8 Å². The number of hydrogen-bond donors (Lipinski definition) is 2. The van der Waals surface area contributed by atoms with E-state index in [1.807, 2.05) is 0 Å². The second-order valence-corrected chi connectivity index (χ2v) is 8.24. The van der Waals surface area contributed by atoms with Crippen molar-refractivity contribution in [2.75, 3.05) is 16.8 Å². The number of aliphatic hydroxyl groups is 1. The molecular weight excluding hydrogens is 467 g/mol. The van der Waals surface area contributed by atoms with Gasteiger partial charge in [-0.1, -0.05) is 23.2 Å². The quantitative estimate of drug-likeness (QED) is 0.418. The summed E-state index contributed by atoms with van der Waals surface area (Å²) in [4.78, 5) is 11.1. The van der Waals surface area contributed by atoms with Crippen molar-refractivity contribution in [1.82, 2.24) is 34.6 Å². The van der Waals surface area contributed by atoms with E-state index in [4.69, 9.17) is 23.2 Å². The molecule has 0 spiro atoms. The van der Waals surface area contributed by atoms with Crippen molar-refractivity contribution in [3.05, 3.63) is 52.8 Å². The molecule has 0 radical (unpaired) electrons. The average molecular weight is 482 g/mol. The number of halogens is 4. The number of rotatable bonds is 5. The number of anilines is 2. The molecule has 5 rings (SSSR count). The van der Waals surface area contributed by atoms with Gasteiger partial charge < -0.3 is 15.3 Å². The molecule has 1 unspecified atom stereocenters. The van der Waals surface area contributed by atoms with Crippen LogP contribution in [-0.2, 0) is 5.41 Å². The van der Waals surface area contributed by atoms with E-state index in [0.717, 1.165) is 0 Å². The first-order valence-corrected chi connectivity index (χ1v) is 10.1. The van der Waals surface area contributed by atoms with Crippen LogP contribution >= 0.6 is 23.2 Å². The van der Waals surface area contributed by atoms with E-state index < -0.39 is 18.2 Å². The Morgan fingerprint density at radius 1 is 1.16 bits per heavy atom. The van der Waals surface area contributed by atoms with Gasteiger partial charge in [0.05, 0.1) is 52.3 Å². The van der Waals surface area contributed by atoms with E-state index >= 15 is 0 Å². The zero-order chi connectivity index (χ0) is 22.6. The van der Waals surface area contributed by atoms with Crippen molar-refractivity contribution in [3.63, 3.8) is 0 Å². The van der Waals surface area contributed by atoms with Crippen LogP contribution in [-0.4, -0.2) is 59.0 Å². The fourth-order valence-electron chi connectivity index (χ4n) is 3.75. The summed E-state index contributed by atoms with van der Waals surface area (Å²) in [6.07, 6.45) is 1.69. The van der Waals surface area contributed by atoms with Crippen LogP contribution in [0.4, 0.5) is 20.2 Å². The van der Waals surface area contributed by atoms with Crippen LogP contribution in [0.15, 0.2) is 36.9 Å². The molecule has 0 saturated carbocycles. The SMILES string of the molecule is C[C@@]1(C(F)F)CN(C(O)Nc2cnc(-n3nccn3)c(Cl)c2)c2cnc3cc(Cl)nn3c21. The van der Waals surface area contributed by atoms with Crippen LogP contribution in [0.3, 0.4) is 0 Å². The molecule has 32 heavy (non-hydrogen) atoms. The standard InChI is InChI=1S/C18H15Cl2F2N9O/c1-18(16(21)22)8-29(11-7-23-13-5-12(20)28-30(13)14(11)18)17(32)27-9-4-10(19)15(24-6-9)31-25-2-3-26-31/h2-7,16-17,27,32H,8H2,1H3/t17?,18-/m1/s1. The third-order valence-electron chi connectivity index (χ3n) is 5.29. The Kier molecular flexibility index (Phi) is 4.87. The van der Waals surface area contributed by atoms with Crippen LogP contribution in [0.2, 0.25) is 10.2 Å². The monoisotopic (exact) mass is 481 g/mol. The molecule has 0 aliphatic carbocycles. The van der Waals surface area contributed by atoms with Crippen LogP contribution < -0.4 is 10.2 Å². The molecule has 1 aliphatic heterocycles. The van der Waals surface area contributed by atoms with Gasteiger partial charge in [0.15, 0.2) is 16.6 Å². The summed E-state index contributed by atoms with van der Waals surface area (Å²) in [6.45, 7) is 1.21. The fraction of sp³-hybridized carbons (Fsp3) is 0.278. The molecule has 10 nitrogen and oxygen atoms in total. The maximum absolute atomic E-state index is 14.2. The highest BCUT2D eigenvalue weighted by Gasteiger charge is 2.50. The number of nitrogens with zero attached hydrogens (tertiary/aromatic N) is 8. The van der Waals surface area contributed by atoms with E-state index in [1.165, 1.54) is 58.1 Å². The molecule has 0 amide bonds. The summed E-state index contributed by atoms with van der Waals surface area (Å²) in [6, 6.07) is 3.00. The number of alkyl halides is 2. The maximum Gasteiger partial charge on any atom is 0.251 e. The van der Waals surface area contributed by atoms with Gasteiger partial charge in [0.1, 0.15) is 0 Å². The molecule has 2 atom stereocenters. The number of nitrogens with one attached hydrogen (secondary N) is 1. The molecular formula is C18H15Cl2F2N9O. The second kappa shape index (κ2) is 7.50. The van der Waals surface area contributed by atoms with Crippen LogP contribution in [0.5, 0.6) is 0 Å². The van der Waals surface area contributed by atoms with Crippen molar-refractivity contribution in [3.8, 4) is 5.82 Å². The molecule has 0 fully saturated rings. The summed E-state index contributed by atoms with van der Waals surface area (Å²) in [5.74, 6) is 0.302. The van der Waals surface area contributed by atoms with E-state index in [9.17, 15) is 13.9 Å². The normalized spacial score (nSPS) is 19.0. The van der Waals surface area contributed by atoms with Crippen LogP contribution in [0.25, 0.3) is 11.5 Å². The lowest BCUT2D eigenvalue weighted by molar-refractivity contribution is 0.0604. The smallest absolute Gasteiger partial charge is 0.251 e. The van der Waals surface area contributed by atoms with Gasteiger partial charge in [-0.25, -0.2) is 23.3 Å². The van der Waals surface area contributed by atoms with Crippen molar-refractivity contribution < 1.29 is 13.9 Å². The summed E-state index contributed by atoms with van der Waals surface area (Å²) < 4.78 is 29.6. The average Bonchev–Trinajstić information content (AvgIpc) is 3.45. The van der Waals surface area contributed by atoms with E-state index in [-0.39, 0.29) is 22.4 Å². The van der Waals surface area contributed by atoms with E-state index in [1.54, 1.807) is 0 Å². The van der Waals surface area contributed by atoms with Crippen molar-refractivity contribution in [2.24, 2.45) is 0 Å². The number of hydrogen-bond acceptors (Lipinski definition) is 8. The molecule has 14 heteroatoms. The molecule has 0 aromatic carbocycles. The lowest BCUT2D eigenvalue weighted by atomic mass is 9.89. The first kappa shape index (κ1) is 20.8. The molecule has 0 bridgehead atoms. The molecule has 0 saturated heterocycles. The van der Waals surface area contributed by atoms with Gasteiger partial charge in [0, 0.05) is 12.6 Å². The predicted octanol–water partition coefficient (Wildman–Crippen LogP) is 2.74. The van der Waals surface area contributed by atoms with Crippen molar-refractivity contribution in [1.29, 1.82) is 0 Å². The van der Waals surface area contributed by atoms with Crippen molar-refractivity contribution >= 4 is 40.2 Å². The van der Waals surface area contributed by atoms with Gasteiger partial charge in [-0.2, -0.15) is 15.3 Å². The zero-order valence-corrected chi connectivity index (χ0v) is 17.9. The minimum atomic E-state index is -2.73. The first-order valence-electron chi connectivity index (χ1n) is 9.34. The third kappa shape index (κ3) is 3.22. The van der Waals surface area contributed by atoms with Gasteiger partial charge in [-0.3, -0.25) is 0 Å². The Bertz CT molecular complexity index is 1300. The first-order chi connectivity index (χ1) is 15.3. The lowest BCUT2D eigenvalue weighted by Crippen LogP contribution is -2.45. The second-order valence-electron chi connectivity index (χ2n) is 7.44. The summed E-state index contributed by atoms with van der Waals surface area (Å²) in [5, 5.41) is 26.1. The Balaban J connectivity index is 1.48. The highest BCUT2D eigenvalue weighted by Crippen LogP contribution is 2.44. The Morgan fingerprint density at radius 2 is 1.91 bits per heavy atom. The topological polar surface area (TPSA) is 109 Å². The van der Waals surface area contributed by atoms with Crippen LogP contribution in [0, 0.1) is 0 Å². The highest BCUT2D eigenvalue weighted by atomic mass is 35.5. The molecule has 2 N–H and O–H groups in total. The van der Waals surface area contributed by atoms with Gasteiger partial charge in [-0.05, 0) is 13.0 Å². The molecule has 166 valence electrons. The Hall–Kier alpha value is -3.09. The fourth-order valence-corrected chi connectivity index (χ4v) is 4.17. The molecule has 5 heterocycles. The summed E-state index contributed by atoms with van der Waals surface area (Å²) in [7, 11) is 0. The number of fused-ring (bicyclic) bond motifs is 3.